The Morgan fingerprint density at radius 3 is 3.19 bits per heavy atom. The topological polar surface area (TPSA) is 25.4 Å². The van der Waals surface area contributed by atoms with Crippen LogP contribution < -0.4 is 4.90 Å². The third kappa shape index (κ3) is 2.41. The lowest BCUT2D eigenvalue weighted by molar-refractivity contribution is 0.0999. The van der Waals surface area contributed by atoms with Gasteiger partial charge in [0.1, 0.15) is 5.82 Å². The third-order valence-corrected chi connectivity index (χ3v) is 4.47. The van der Waals surface area contributed by atoms with Crippen LogP contribution in [0, 0.1) is 6.92 Å². The molecular formula is C11H14Br2N2O. The lowest BCUT2D eigenvalue weighted by atomic mass is 10.2. The van der Waals surface area contributed by atoms with E-state index in [-0.39, 0.29) is 0 Å². The number of pyridine rings is 1. The second-order valence-electron chi connectivity index (χ2n) is 3.84. The average molecular weight is 350 g/mol. The average Bonchev–Trinajstić information content (AvgIpc) is 2.33. The molecule has 1 aliphatic rings. The zero-order valence-electron chi connectivity index (χ0n) is 9.12. The number of nitrogens with zero attached hydrogens (tertiary/aromatic N) is 2. The van der Waals surface area contributed by atoms with Crippen molar-refractivity contribution in [2.45, 2.75) is 13.0 Å². The van der Waals surface area contributed by atoms with Gasteiger partial charge in [-0.05, 0) is 34.5 Å². The summed E-state index contributed by atoms with van der Waals surface area (Å²) in [5.41, 5.74) is 1.21. The van der Waals surface area contributed by atoms with Crippen LogP contribution in [-0.2, 0) is 4.74 Å². The molecule has 1 saturated heterocycles. The second-order valence-corrected chi connectivity index (χ2v) is 5.28. The highest BCUT2D eigenvalue weighted by Gasteiger charge is 2.25. The number of aryl methyl sites for hydroxylation is 1. The molecule has 1 aromatic heterocycles. The lowest BCUT2D eigenvalue weighted by Crippen LogP contribution is -2.47. The molecule has 1 aromatic rings. The summed E-state index contributed by atoms with van der Waals surface area (Å²) in [6.07, 6.45) is 1.86. The molecule has 2 heterocycles. The van der Waals surface area contributed by atoms with Crippen molar-refractivity contribution in [3.8, 4) is 0 Å². The molecule has 88 valence electrons. The van der Waals surface area contributed by atoms with Crippen LogP contribution in [0.1, 0.15) is 5.56 Å². The van der Waals surface area contributed by atoms with Crippen LogP contribution in [0.3, 0.4) is 0 Å². The second kappa shape index (κ2) is 5.47. The molecule has 2 rings (SSSR count). The quantitative estimate of drug-likeness (QED) is 0.767. The van der Waals surface area contributed by atoms with Crippen molar-refractivity contribution in [3.63, 3.8) is 0 Å². The van der Waals surface area contributed by atoms with E-state index in [9.17, 15) is 0 Å². The van der Waals surface area contributed by atoms with Crippen molar-refractivity contribution in [2.24, 2.45) is 0 Å². The number of hydrogen-bond donors (Lipinski definition) is 0. The zero-order chi connectivity index (χ0) is 11.5. The maximum Gasteiger partial charge on any atom is 0.143 e. The van der Waals surface area contributed by atoms with Crippen molar-refractivity contribution >= 4 is 37.7 Å². The molecule has 0 amide bonds. The van der Waals surface area contributed by atoms with E-state index >= 15 is 0 Å². The van der Waals surface area contributed by atoms with E-state index in [4.69, 9.17) is 4.74 Å². The monoisotopic (exact) mass is 348 g/mol. The molecule has 0 aromatic carbocycles. The molecule has 16 heavy (non-hydrogen) atoms. The fraction of sp³-hybridized carbons (Fsp3) is 0.545. The maximum atomic E-state index is 5.48. The van der Waals surface area contributed by atoms with Gasteiger partial charge in [0.2, 0.25) is 0 Å². The Balaban J connectivity index is 2.30. The van der Waals surface area contributed by atoms with Crippen molar-refractivity contribution < 1.29 is 4.74 Å². The van der Waals surface area contributed by atoms with Gasteiger partial charge in [0.05, 0.1) is 23.7 Å². The van der Waals surface area contributed by atoms with Crippen molar-refractivity contribution in [3.05, 3.63) is 22.3 Å². The van der Waals surface area contributed by atoms with E-state index in [1.54, 1.807) is 0 Å². The molecule has 1 atom stereocenters. The summed E-state index contributed by atoms with van der Waals surface area (Å²) in [5, 5.41) is 0.898. The summed E-state index contributed by atoms with van der Waals surface area (Å²) in [6, 6.07) is 2.37. The minimum absolute atomic E-state index is 0.361. The van der Waals surface area contributed by atoms with Crippen LogP contribution in [0.4, 0.5) is 5.82 Å². The molecule has 0 N–H and O–H groups in total. The van der Waals surface area contributed by atoms with E-state index in [1.807, 2.05) is 12.3 Å². The SMILES string of the molecule is Cc1ccnc(N2CCOCC2CBr)c1Br. The zero-order valence-corrected chi connectivity index (χ0v) is 12.3. The highest BCUT2D eigenvalue weighted by atomic mass is 79.9. The number of ether oxygens (including phenoxy) is 1. The normalized spacial score (nSPS) is 21.2. The Bertz CT molecular complexity index is 373. The first-order valence-corrected chi connectivity index (χ1v) is 7.17. The molecule has 0 aliphatic carbocycles. The van der Waals surface area contributed by atoms with Crippen LogP contribution in [-0.4, -0.2) is 36.1 Å². The molecule has 3 nitrogen and oxygen atoms in total. The summed E-state index contributed by atoms with van der Waals surface area (Å²) < 4.78 is 6.57. The van der Waals surface area contributed by atoms with Gasteiger partial charge in [-0.3, -0.25) is 0 Å². The number of rotatable bonds is 2. The van der Waals surface area contributed by atoms with E-state index in [1.165, 1.54) is 5.56 Å². The Kier molecular flexibility index (Phi) is 4.21. The van der Waals surface area contributed by atoms with Crippen LogP contribution in [0.2, 0.25) is 0 Å². The van der Waals surface area contributed by atoms with Gasteiger partial charge in [-0.1, -0.05) is 15.9 Å². The van der Waals surface area contributed by atoms with Gasteiger partial charge in [-0.25, -0.2) is 4.98 Å². The van der Waals surface area contributed by atoms with Crippen molar-refractivity contribution in [2.75, 3.05) is 30.0 Å². The maximum absolute atomic E-state index is 5.48. The van der Waals surface area contributed by atoms with E-state index < -0.39 is 0 Å². The first-order chi connectivity index (χ1) is 7.74. The molecule has 0 saturated carbocycles. The standard InChI is InChI=1S/C11H14Br2N2O/c1-8-2-3-14-11(10(8)13)15-4-5-16-7-9(15)6-12/h2-3,9H,4-7H2,1H3. The fourth-order valence-corrected chi connectivity index (χ4v) is 2.79. The van der Waals surface area contributed by atoms with E-state index in [2.05, 4.69) is 48.7 Å². The number of morpholine rings is 1. The van der Waals surface area contributed by atoms with Crippen LogP contribution in [0.25, 0.3) is 0 Å². The van der Waals surface area contributed by atoms with Crippen molar-refractivity contribution in [1.82, 2.24) is 4.98 Å². The first kappa shape index (κ1) is 12.3. The Hall–Kier alpha value is -0.130. The van der Waals surface area contributed by atoms with Gasteiger partial charge >= 0.3 is 0 Å². The molecular weight excluding hydrogens is 336 g/mol. The fourth-order valence-electron chi connectivity index (χ4n) is 1.79. The largest absolute Gasteiger partial charge is 0.377 e. The molecule has 0 radical (unpaired) electrons. The molecule has 1 aliphatic heterocycles. The molecule has 1 unspecified atom stereocenters. The number of aromatic nitrogens is 1. The molecule has 0 spiro atoms. The van der Waals surface area contributed by atoms with Crippen LogP contribution in [0.5, 0.6) is 0 Å². The summed E-state index contributed by atoms with van der Waals surface area (Å²) in [4.78, 5) is 6.76. The van der Waals surface area contributed by atoms with Gasteiger partial charge in [-0.2, -0.15) is 0 Å². The highest BCUT2D eigenvalue weighted by molar-refractivity contribution is 9.10. The van der Waals surface area contributed by atoms with Crippen molar-refractivity contribution in [1.29, 1.82) is 0 Å². The number of alkyl halides is 1. The van der Waals surface area contributed by atoms with Gasteiger partial charge in [0, 0.05) is 18.1 Å². The summed E-state index contributed by atoms with van der Waals surface area (Å²) in [5.74, 6) is 1.02. The Morgan fingerprint density at radius 1 is 1.62 bits per heavy atom. The predicted molar refractivity (Wildman–Crippen MR) is 72.4 cm³/mol. The van der Waals surface area contributed by atoms with Gasteiger partial charge in [0.25, 0.3) is 0 Å². The lowest BCUT2D eigenvalue weighted by Gasteiger charge is -2.36. The molecule has 1 fully saturated rings. The van der Waals surface area contributed by atoms with Crippen LogP contribution in [0.15, 0.2) is 16.7 Å². The summed E-state index contributed by atoms with van der Waals surface area (Å²) in [6.45, 7) is 4.50. The third-order valence-electron chi connectivity index (χ3n) is 2.74. The number of halogens is 2. The van der Waals surface area contributed by atoms with Gasteiger partial charge in [-0.15, -0.1) is 0 Å². The number of anilines is 1. The summed E-state index contributed by atoms with van der Waals surface area (Å²) in [7, 11) is 0. The van der Waals surface area contributed by atoms with E-state index in [0.29, 0.717) is 6.04 Å². The van der Waals surface area contributed by atoms with Gasteiger partial charge < -0.3 is 9.64 Å². The predicted octanol–water partition coefficient (Wildman–Crippen LogP) is 2.75. The van der Waals surface area contributed by atoms with E-state index in [0.717, 1.165) is 35.4 Å². The van der Waals surface area contributed by atoms with Crippen LogP contribution >= 0.6 is 31.9 Å². The minimum atomic E-state index is 0.361. The smallest absolute Gasteiger partial charge is 0.143 e. The highest BCUT2D eigenvalue weighted by Crippen LogP contribution is 2.29. The Labute approximate surface area is 112 Å². The molecule has 0 bridgehead atoms. The van der Waals surface area contributed by atoms with Gasteiger partial charge in [0.15, 0.2) is 0 Å². The summed E-state index contributed by atoms with van der Waals surface area (Å²) >= 11 is 7.14. The number of hydrogen-bond acceptors (Lipinski definition) is 3. The first-order valence-electron chi connectivity index (χ1n) is 5.25. The Morgan fingerprint density at radius 2 is 2.44 bits per heavy atom. The minimum Gasteiger partial charge on any atom is -0.377 e. The molecule has 5 heteroatoms.